The Morgan fingerprint density at radius 2 is 1.96 bits per heavy atom. The van der Waals surface area contributed by atoms with Crippen LogP contribution in [0.2, 0.25) is 0 Å². The number of furan rings is 1. The minimum absolute atomic E-state index is 0.0811. The van der Waals surface area contributed by atoms with Crippen LogP contribution in [0.5, 0.6) is 0 Å². The van der Waals surface area contributed by atoms with E-state index in [1.165, 1.54) is 0 Å². The molecule has 6 nitrogen and oxygen atoms in total. The average Bonchev–Trinajstić information content (AvgIpc) is 3.28. The smallest absolute Gasteiger partial charge is 0.241 e. The van der Waals surface area contributed by atoms with Crippen molar-refractivity contribution in [1.82, 2.24) is 20.0 Å². The van der Waals surface area contributed by atoms with Crippen molar-refractivity contribution in [2.45, 2.75) is 19.5 Å². The lowest BCUT2D eigenvalue weighted by molar-refractivity contribution is 0.198. The summed E-state index contributed by atoms with van der Waals surface area (Å²) in [5.74, 6) is 1.96. The molecule has 0 bridgehead atoms. The van der Waals surface area contributed by atoms with Gasteiger partial charge in [-0.2, -0.15) is 4.98 Å². The largest absolute Gasteiger partial charge is 0.459 e. The van der Waals surface area contributed by atoms with Crippen molar-refractivity contribution in [2.75, 3.05) is 7.05 Å². The minimum atomic E-state index is 0.0811. The molecule has 0 amide bonds. The Kier molecular flexibility index (Phi) is 4.03. The maximum atomic E-state index is 5.94. The number of benzene rings is 1. The summed E-state index contributed by atoms with van der Waals surface area (Å²) in [6.45, 7) is 2.62. The van der Waals surface area contributed by atoms with Gasteiger partial charge in [0.1, 0.15) is 17.0 Å². The van der Waals surface area contributed by atoms with E-state index in [0.717, 1.165) is 16.7 Å². The normalized spacial score (nSPS) is 12.8. The van der Waals surface area contributed by atoms with Crippen molar-refractivity contribution in [1.29, 1.82) is 0 Å². The van der Waals surface area contributed by atoms with Crippen LogP contribution in [-0.4, -0.2) is 27.1 Å². The molecule has 3 heterocycles. The van der Waals surface area contributed by atoms with Gasteiger partial charge in [-0.25, -0.2) is 0 Å². The standard InChI is InChI=1S/C19H18N4O2/c1-13(17-11-14-7-3-4-9-16(14)24-17)23(2)12-18-21-19(22-25-18)15-8-5-6-10-20-15/h3-11,13H,12H2,1-2H3. The highest BCUT2D eigenvalue weighted by atomic mass is 16.5. The molecule has 1 aromatic carbocycles. The Balaban J connectivity index is 1.49. The first-order chi connectivity index (χ1) is 12.2. The Morgan fingerprint density at radius 3 is 2.76 bits per heavy atom. The molecule has 0 spiro atoms. The van der Waals surface area contributed by atoms with Crippen LogP contribution >= 0.6 is 0 Å². The van der Waals surface area contributed by atoms with E-state index in [4.69, 9.17) is 8.94 Å². The number of rotatable bonds is 5. The Bertz CT molecular complexity index is 944. The number of para-hydroxylation sites is 1. The molecule has 4 aromatic rings. The zero-order chi connectivity index (χ0) is 17.2. The number of pyridine rings is 1. The highest BCUT2D eigenvalue weighted by molar-refractivity contribution is 5.77. The van der Waals surface area contributed by atoms with Crippen molar-refractivity contribution in [3.8, 4) is 11.5 Å². The first-order valence-corrected chi connectivity index (χ1v) is 8.13. The van der Waals surface area contributed by atoms with Crippen LogP contribution in [0.25, 0.3) is 22.5 Å². The summed E-state index contributed by atoms with van der Waals surface area (Å²) in [7, 11) is 2.00. The highest BCUT2D eigenvalue weighted by Crippen LogP contribution is 2.27. The van der Waals surface area contributed by atoms with Crippen LogP contribution in [0.3, 0.4) is 0 Å². The van der Waals surface area contributed by atoms with Gasteiger partial charge in [0.15, 0.2) is 0 Å². The first-order valence-electron chi connectivity index (χ1n) is 8.13. The molecule has 0 radical (unpaired) electrons. The van der Waals surface area contributed by atoms with E-state index in [0.29, 0.717) is 24.0 Å². The Hall–Kier alpha value is -2.99. The quantitative estimate of drug-likeness (QED) is 0.548. The van der Waals surface area contributed by atoms with E-state index >= 15 is 0 Å². The third-order valence-electron chi connectivity index (χ3n) is 4.26. The third kappa shape index (κ3) is 3.16. The van der Waals surface area contributed by atoms with Gasteiger partial charge in [-0.1, -0.05) is 29.4 Å². The maximum absolute atomic E-state index is 5.94. The van der Waals surface area contributed by atoms with Gasteiger partial charge in [0.2, 0.25) is 11.7 Å². The molecule has 0 fully saturated rings. The van der Waals surface area contributed by atoms with Gasteiger partial charge in [-0.15, -0.1) is 0 Å². The summed E-state index contributed by atoms with van der Waals surface area (Å²) in [6.07, 6.45) is 1.71. The topological polar surface area (TPSA) is 68.2 Å². The Morgan fingerprint density at radius 1 is 1.12 bits per heavy atom. The second-order valence-corrected chi connectivity index (χ2v) is 6.00. The predicted molar refractivity (Wildman–Crippen MR) is 93.6 cm³/mol. The summed E-state index contributed by atoms with van der Waals surface area (Å²) in [5.41, 5.74) is 1.60. The minimum Gasteiger partial charge on any atom is -0.459 e. The fourth-order valence-corrected chi connectivity index (χ4v) is 2.69. The molecule has 0 aliphatic carbocycles. The molecule has 1 atom stereocenters. The molecule has 0 saturated carbocycles. The van der Waals surface area contributed by atoms with Gasteiger partial charge in [0.25, 0.3) is 0 Å². The van der Waals surface area contributed by atoms with Crippen molar-refractivity contribution in [3.05, 3.63) is 66.4 Å². The zero-order valence-corrected chi connectivity index (χ0v) is 14.1. The van der Waals surface area contributed by atoms with E-state index in [2.05, 4.69) is 33.0 Å². The van der Waals surface area contributed by atoms with Crippen LogP contribution in [-0.2, 0) is 6.54 Å². The molecule has 6 heteroatoms. The predicted octanol–water partition coefficient (Wildman–Crippen LogP) is 4.07. The van der Waals surface area contributed by atoms with Gasteiger partial charge in [-0.05, 0) is 38.2 Å². The van der Waals surface area contributed by atoms with Gasteiger partial charge >= 0.3 is 0 Å². The molecule has 0 aliphatic heterocycles. The van der Waals surface area contributed by atoms with Gasteiger partial charge < -0.3 is 8.94 Å². The van der Waals surface area contributed by atoms with Gasteiger partial charge in [-0.3, -0.25) is 9.88 Å². The van der Waals surface area contributed by atoms with Crippen LogP contribution in [0.4, 0.5) is 0 Å². The molecular formula is C19H18N4O2. The molecule has 0 N–H and O–H groups in total. The average molecular weight is 334 g/mol. The van der Waals surface area contributed by atoms with E-state index < -0.39 is 0 Å². The molecular weight excluding hydrogens is 316 g/mol. The van der Waals surface area contributed by atoms with Gasteiger partial charge in [0.05, 0.1) is 12.6 Å². The monoisotopic (exact) mass is 334 g/mol. The van der Waals surface area contributed by atoms with Gasteiger partial charge in [0, 0.05) is 11.6 Å². The first kappa shape index (κ1) is 15.5. The van der Waals surface area contributed by atoms with Crippen LogP contribution < -0.4 is 0 Å². The lowest BCUT2D eigenvalue weighted by Gasteiger charge is -2.20. The molecule has 0 aliphatic rings. The Labute approximate surface area is 145 Å². The van der Waals surface area contributed by atoms with E-state index in [9.17, 15) is 0 Å². The molecule has 4 rings (SSSR count). The van der Waals surface area contributed by atoms with Crippen LogP contribution in [0.1, 0.15) is 24.6 Å². The lowest BCUT2D eigenvalue weighted by Crippen LogP contribution is -2.21. The van der Waals surface area contributed by atoms with Crippen LogP contribution in [0, 0.1) is 0 Å². The fraction of sp³-hybridized carbons (Fsp3) is 0.211. The van der Waals surface area contributed by atoms with E-state index in [-0.39, 0.29) is 6.04 Å². The number of fused-ring (bicyclic) bond motifs is 1. The highest BCUT2D eigenvalue weighted by Gasteiger charge is 2.19. The summed E-state index contributed by atoms with van der Waals surface area (Å²) >= 11 is 0. The molecule has 3 aromatic heterocycles. The summed E-state index contributed by atoms with van der Waals surface area (Å²) < 4.78 is 11.3. The molecule has 0 saturated heterocycles. The van der Waals surface area contributed by atoms with Crippen molar-refractivity contribution < 1.29 is 8.94 Å². The number of hydrogen-bond acceptors (Lipinski definition) is 6. The third-order valence-corrected chi connectivity index (χ3v) is 4.26. The van der Waals surface area contributed by atoms with E-state index in [1.807, 2.05) is 49.5 Å². The lowest BCUT2D eigenvalue weighted by atomic mass is 10.2. The summed E-state index contributed by atoms with van der Waals surface area (Å²) in [4.78, 5) is 10.8. The molecule has 126 valence electrons. The van der Waals surface area contributed by atoms with Crippen molar-refractivity contribution >= 4 is 11.0 Å². The van der Waals surface area contributed by atoms with Crippen molar-refractivity contribution in [3.63, 3.8) is 0 Å². The zero-order valence-electron chi connectivity index (χ0n) is 14.1. The number of hydrogen-bond donors (Lipinski definition) is 0. The number of nitrogens with zero attached hydrogens (tertiary/aromatic N) is 4. The van der Waals surface area contributed by atoms with Crippen LogP contribution in [0.15, 0.2) is 63.7 Å². The fourth-order valence-electron chi connectivity index (χ4n) is 2.69. The van der Waals surface area contributed by atoms with Crippen molar-refractivity contribution in [2.24, 2.45) is 0 Å². The molecule has 1 unspecified atom stereocenters. The summed E-state index contributed by atoms with van der Waals surface area (Å²) in [5, 5.41) is 5.11. The summed E-state index contributed by atoms with van der Waals surface area (Å²) in [6, 6.07) is 15.8. The molecule has 25 heavy (non-hydrogen) atoms. The van der Waals surface area contributed by atoms with E-state index in [1.54, 1.807) is 6.20 Å². The number of aromatic nitrogens is 3. The maximum Gasteiger partial charge on any atom is 0.241 e. The second-order valence-electron chi connectivity index (χ2n) is 6.00. The second kappa shape index (κ2) is 6.49. The SMILES string of the molecule is CC(c1cc2ccccc2o1)N(C)Cc1nc(-c2ccccn2)no1.